The van der Waals surface area contributed by atoms with Gasteiger partial charge in [0.1, 0.15) is 5.78 Å². The summed E-state index contributed by atoms with van der Waals surface area (Å²) in [5.41, 5.74) is 9.60. The van der Waals surface area contributed by atoms with Crippen LogP contribution in [-0.2, 0) is 11.3 Å². The zero-order valence-electron chi connectivity index (χ0n) is 14.0. The summed E-state index contributed by atoms with van der Waals surface area (Å²) >= 11 is 0. The first-order valence-electron chi connectivity index (χ1n) is 8.33. The fourth-order valence-corrected chi connectivity index (χ4v) is 2.93. The van der Waals surface area contributed by atoms with E-state index >= 15 is 0 Å². The minimum atomic E-state index is -0.0173. The Labute approximate surface area is 143 Å². The molecule has 5 heteroatoms. The highest BCUT2D eigenvalue weighted by molar-refractivity contribution is 5.81. The van der Waals surface area contributed by atoms with Gasteiger partial charge in [0, 0.05) is 26.2 Å². The third-order valence-electron chi connectivity index (χ3n) is 4.29. The maximum Gasteiger partial charge on any atom is 0.148 e. The van der Waals surface area contributed by atoms with E-state index in [0.29, 0.717) is 0 Å². The van der Waals surface area contributed by atoms with Gasteiger partial charge in [-0.3, -0.25) is 9.69 Å². The molecule has 1 atom stereocenters. The van der Waals surface area contributed by atoms with E-state index in [1.807, 2.05) is 30.3 Å². The predicted molar refractivity (Wildman–Crippen MR) is 97.9 cm³/mol. The number of ketones is 1. The van der Waals surface area contributed by atoms with Crippen LogP contribution in [0.5, 0.6) is 0 Å². The molecular weight excluding hydrogens is 300 g/mol. The van der Waals surface area contributed by atoms with Crippen molar-refractivity contribution in [3.05, 3.63) is 60.2 Å². The first-order chi connectivity index (χ1) is 11.7. The first-order valence-corrected chi connectivity index (χ1v) is 8.33. The molecule has 0 amide bonds. The molecule has 0 saturated carbocycles. The molecule has 3 rings (SSSR count). The molecule has 0 aromatic heterocycles. The normalized spacial score (nSPS) is 18.1. The molecule has 1 saturated heterocycles. The smallest absolute Gasteiger partial charge is 0.148 e. The number of nitrogens with zero attached hydrogens (tertiary/aromatic N) is 1. The second-order valence-corrected chi connectivity index (χ2v) is 6.11. The highest BCUT2D eigenvalue weighted by Crippen LogP contribution is 2.15. The number of carbonyl (C=O) groups is 1. The molecule has 0 spiro atoms. The maximum atomic E-state index is 11.8. The Balaban J connectivity index is 1.57. The third-order valence-corrected chi connectivity index (χ3v) is 4.29. The lowest BCUT2D eigenvalue weighted by Gasteiger charge is -2.34. The molecule has 2 aromatic rings. The predicted octanol–water partition coefficient (Wildman–Crippen LogP) is 2.49. The molecule has 0 radical (unpaired) electrons. The molecule has 1 fully saturated rings. The average Bonchev–Trinajstić information content (AvgIpc) is 2.62. The van der Waals surface area contributed by atoms with Crippen molar-refractivity contribution in [2.45, 2.75) is 19.5 Å². The van der Waals surface area contributed by atoms with E-state index < -0.39 is 0 Å². The summed E-state index contributed by atoms with van der Waals surface area (Å²) in [6, 6.07) is 18.3. The number of anilines is 2. The van der Waals surface area contributed by atoms with Crippen molar-refractivity contribution in [3.63, 3.8) is 0 Å². The van der Waals surface area contributed by atoms with Crippen LogP contribution in [-0.4, -0.2) is 36.4 Å². The molecule has 24 heavy (non-hydrogen) atoms. The topological polar surface area (TPSA) is 56.4 Å². The van der Waals surface area contributed by atoms with Crippen molar-refractivity contribution in [1.29, 1.82) is 0 Å². The number of hydrazine groups is 1. The second-order valence-electron chi connectivity index (χ2n) is 6.11. The molecule has 1 aliphatic heterocycles. The van der Waals surface area contributed by atoms with Crippen molar-refractivity contribution in [2.75, 3.05) is 30.5 Å². The summed E-state index contributed by atoms with van der Waals surface area (Å²) in [5, 5.41) is 3.29. The quantitative estimate of drug-likeness (QED) is 0.713. The van der Waals surface area contributed by atoms with Crippen molar-refractivity contribution >= 4 is 17.2 Å². The third kappa shape index (κ3) is 4.34. The number of rotatable bonds is 6. The number of piperazine rings is 1. The van der Waals surface area contributed by atoms with E-state index in [9.17, 15) is 4.79 Å². The van der Waals surface area contributed by atoms with Crippen molar-refractivity contribution in [1.82, 2.24) is 10.2 Å². The van der Waals surface area contributed by atoms with Crippen molar-refractivity contribution < 1.29 is 4.79 Å². The monoisotopic (exact) mass is 324 g/mol. The van der Waals surface area contributed by atoms with Gasteiger partial charge in [-0.15, -0.1) is 0 Å². The van der Waals surface area contributed by atoms with Gasteiger partial charge in [-0.2, -0.15) is 0 Å². The Bertz CT molecular complexity index is 657. The lowest BCUT2D eigenvalue weighted by Crippen LogP contribution is -2.53. The highest BCUT2D eigenvalue weighted by Gasteiger charge is 2.25. The average molecular weight is 324 g/mol. The maximum absolute atomic E-state index is 11.8. The van der Waals surface area contributed by atoms with E-state index in [1.165, 1.54) is 5.56 Å². The summed E-state index contributed by atoms with van der Waals surface area (Å²) in [6.45, 7) is 5.06. The number of para-hydroxylation sites is 1. The molecule has 1 unspecified atom stereocenters. The van der Waals surface area contributed by atoms with Crippen LogP contribution in [0.4, 0.5) is 11.4 Å². The van der Waals surface area contributed by atoms with Gasteiger partial charge in [-0.1, -0.05) is 30.3 Å². The van der Waals surface area contributed by atoms with Gasteiger partial charge in [0.05, 0.1) is 17.4 Å². The van der Waals surface area contributed by atoms with Crippen molar-refractivity contribution in [2.24, 2.45) is 0 Å². The molecule has 1 heterocycles. The van der Waals surface area contributed by atoms with E-state index in [2.05, 4.69) is 45.3 Å². The summed E-state index contributed by atoms with van der Waals surface area (Å²) in [4.78, 5) is 14.0. The fourth-order valence-electron chi connectivity index (χ4n) is 2.93. The van der Waals surface area contributed by atoms with Crippen LogP contribution in [0.1, 0.15) is 12.5 Å². The number of nitrogens with one attached hydrogen (secondary N) is 3. The fraction of sp³-hybridized carbons (Fsp3) is 0.316. The van der Waals surface area contributed by atoms with E-state index in [0.717, 1.165) is 37.6 Å². The van der Waals surface area contributed by atoms with Crippen LogP contribution in [0.3, 0.4) is 0 Å². The number of hydrogen-bond donors (Lipinski definition) is 3. The number of carbonyl (C=O) groups excluding carboxylic acids is 1. The Hall–Kier alpha value is -2.37. The molecule has 5 nitrogen and oxygen atoms in total. The molecule has 3 N–H and O–H groups in total. The minimum Gasteiger partial charge on any atom is -0.313 e. The second kappa shape index (κ2) is 7.95. The standard InChI is InChI=1S/C19H24N4O/c1-15(24)19-13-20-11-12-23(19)14-16-7-9-18(10-8-16)22-21-17-5-3-2-4-6-17/h2-10,19-22H,11-14H2,1H3. The Morgan fingerprint density at radius 1 is 1.08 bits per heavy atom. The van der Waals surface area contributed by atoms with Crippen LogP contribution >= 0.6 is 0 Å². The number of benzene rings is 2. The van der Waals surface area contributed by atoms with Crippen LogP contribution in [0, 0.1) is 0 Å². The number of hydrogen-bond acceptors (Lipinski definition) is 5. The summed E-state index contributed by atoms with van der Waals surface area (Å²) in [6.07, 6.45) is 0. The lowest BCUT2D eigenvalue weighted by atomic mass is 10.1. The van der Waals surface area contributed by atoms with Crippen LogP contribution in [0.2, 0.25) is 0 Å². The zero-order valence-corrected chi connectivity index (χ0v) is 14.0. The largest absolute Gasteiger partial charge is 0.313 e. The van der Waals surface area contributed by atoms with Crippen molar-refractivity contribution in [3.8, 4) is 0 Å². The van der Waals surface area contributed by atoms with Crippen LogP contribution in [0.15, 0.2) is 54.6 Å². The van der Waals surface area contributed by atoms with Crippen LogP contribution in [0.25, 0.3) is 0 Å². The molecule has 1 aliphatic rings. The highest BCUT2D eigenvalue weighted by atomic mass is 16.1. The number of Topliss-reactive ketones (excluding diaryl/α,β-unsaturated/α-hetero) is 1. The summed E-state index contributed by atoms with van der Waals surface area (Å²) in [5.74, 6) is 0.229. The zero-order chi connectivity index (χ0) is 16.8. The van der Waals surface area contributed by atoms with Crippen LogP contribution < -0.4 is 16.2 Å². The Morgan fingerprint density at radius 2 is 1.75 bits per heavy atom. The first kappa shape index (κ1) is 16.5. The Morgan fingerprint density at radius 3 is 2.42 bits per heavy atom. The Kier molecular flexibility index (Phi) is 5.46. The molecular formula is C19H24N4O. The molecule has 2 aromatic carbocycles. The molecule has 126 valence electrons. The SMILES string of the molecule is CC(=O)C1CNCCN1Cc1ccc(NNc2ccccc2)cc1. The van der Waals surface area contributed by atoms with Gasteiger partial charge in [0.25, 0.3) is 0 Å². The van der Waals surface area contributed by atoms with Gasteiger partial charge in [0.15, 0.2) is 0 Å². The van der Waals surface area contributed by atoms with E-state index in [1.54, 1.807) is 6.92 Å². The van der Waals surface area contributed by atoms with Gasteiger partial charge in [-0.25, -0.2) is 0 Å². The van der Waals surface area contributed by atoms with Gasteiger partial charge >= 0.3 is 0 Å². The summed E-state index contributed by atoms with van der Waals surface area (Å²) in [7, 11) is 0. The van der Waals surface area contributed by atoms with E-state index in [4.69, 9.17) is 0 Å². The minimum absolute atomic E-state index is 0.0173. The summed E-state index contributed by atoms with van der Waals surface area (Å²) < 4.78 is 0. The molecule has 0 bridgehead atoms. The van der Waals surface area contributed by atoms with Gasteiger partial charge in [0.2, 0.25) is 0 Å². The van der Waals surface area contributed by atoms with E-state index in [-0.39, 0.29) is 11.8 Å². The van der Waals surface area contributed by atoms with Gasteiger partial charge in [-0.05, 0) is 36.8 Å². The molecule has 0 aliphatic carbocycles. The lowest BCUT2D eigenvalue weighted by molar-refractivity contribution is -0.122. The van der Waals surface area contributed by atoms with Gasteiger partial charge < -0.3 is 16.2 Å².